The van der Waals surface area contributed by atoms with Crippen molar-refractivity contribution >= 4 is 37.1 Å². The molecule has 1 N–H and O–H groups in total. The Hall–Kier alpha value is -1.17. The molecule has 0 amide bonds. The number of hydrogen-bond donors (Lipinski definition) is 1. The van der Waals surface area contributed by atoms with Crippen molar-refractivity contribution < 1.29 is 54.0 Å². The Morgan fingerprint density at radius 3 is 1.56 bits per heavy atom. The lowest BCUT2D eigenvalue weighted by molar-refractivity contribution is -0.307. The molecule has 0 aromatic heterocycles. The topological polar surface area (TPSA) is 82.1 Å². The van der Waals surface area contributed by atoms with Crippen molar-refractivity contribution in [3.8, 4) is 0 Å². The first-order valence-electron chi connectivity index (χ1n) is 9.61. The molecule has 0 radical (unpaired) electrons. The van der Waals surface area contributed by atoms with Crippen LogP contribution in [0.2, 0.25) is 51.9 Å². The van der Waals surface area contributed by atoms with Crippen LogP contribution in [0.1, 0.15) is 6.42 Å². The lowest BCUT2D eigenvalue weighted by Crippen LogP contribution is -2.54. The Bertz CT molecular complexity index is 652. The van der Waals surface area contributed by atoms with E-state index in [1.807, 2.05) is 39.3 Å². The van der Waals surface area contributed by atoms with E-state index < -0.39 is 67.9 Å². The van der Waals surface area contributed by atoms with Gasteiger partial charge < -0.3 is 18.1 Å². The normalized spacial score (nSPS) is 15.3. The highest BCUT2D eigenvalue weighted by molar-refractivity contribution is 6.87. The highest BCUT2D eigenvalue weighted by Gasteiger charge is 2.62. The van der Waals surface area contributed by atoms with Gasteiger partial charge in [-0.25, -0.2) is 9.59 Å². The van der Waals surface area contributed by atoms with Gasteiger partial charge in [0.2, 0.25) is 0 Å². The zero-order chi connectivity index (χ0) is 25.8. The molecular weight excluding hydrogens is 498 g/mol. The van der Waals surface area contributed by atoms with Crippen molar-refractivity contribution in [1.29, 1.82) is 0 Å². The fourth-order valence-electron chi connectivity index (χ4n) is 3.05. The summed E-state index contributed by atoms with van der Waals surface area (Å²) in [6.45, 7) is 12.5. The molecule has 0 aliphatic carbocycles. The summed E-state index contributed by atoms with van der Waals surface area (Å²) in [5.41, 5.74) is 0. The van der Waals surface area contributed by atoms with Crippen LogP contribution in [-0.2, 0) is 22.6 Å². The number of aliphatic carboxylic acids is 1. The number of carboxylic acids is 1. The molecule has 0 rings (SSSR count). The van der Waals surface area contributed by atoms with E-state index in [1.165, 1.54) is 0 Å². The van der Waals surface area contributed by atoms with Crippen molar-refractivity contribution in [2.75, 3.05) is 0 Å². The summed E-state index contributed by atoms with van der Waals surface area (Å²) in [4.78, 5) is 22.2. The standard InChI is InChI=1S/C17H30F6O6Si3/c1-30(2,3)28-32(7,29-31(4,5)6)11-10-12(27-14(26)9-8-13(24)25)15(16(18,19)20)17(21,22)23/h8-9,12,15H,10-11H2,1-7H3,(H,24,25)/b9-8+. The van der Waals surface area contributed by atoms with E-state index in [4.69, 9.17) is 13.3 Å². The zero-order valence-electron chi connectivity index (χ0n) is 19.0. The predicted molar refractivity (Wildman–Crippen MR) is 112 cm³/mol. The van der Waals surface area contributed by atoms with E-state index in [0.29, 0.717) is 0 Å². The molecule has 15 heteroatoms. The SMILES string of the molecule is C[Si](C)(C)O[Si](C)(CCC(OC(=O)/C=C/C(=O)O)C(C(F)(F)F)C(F)(F)F)O[Si](C)(C)C. The first-order chi connectivity index (χ1) is 14.0. The average Bonchev–Trinajstić information content (AvgIpc) is 2.43. The van der Waals surface area contributed by atoms with Crippen LogP contribution in [0, 0.1) is 5.92 Å². The molecule has 1 atom stereocenters. The number of hydrogen-bond acceptors (Lipinski definition) is 5. The van der Waals surface area contributed by atoms with Gasteiger partial charge in [-0.3, -0.25) is 0 Å². The van der Waals surface area contributed by atoms with Crippen molar-refractivity contribution in [3.63, 3.8) is 0 Å². The predicted octanol–water partition coefficient (Wildman–Crippen LogP) is 5.44. The smallest absolute Gasteiger partial charge is 0.404 e. The highest BCUT2D eigenvalue weighted by Crippen LogP contribution is 2.44. The Balaban J connectivity index is 6.07. The van der Waals surface area contributed by atoms with Crippen LogP contribution in [0.3, 0.4) is 0 Å². The number of halogens is 6. The van der Waals surface area contributed by atoms with E-state index in [0.717, 1.165) is 0 Å². The number of alkyl halides is 6. The minimum atomic E-state index is -5.75. The van der Waals surface area contributed by atoms with Gasteiger partial charge in [0.05, 0.1) is 0 Å². The number of carboxylic acid groups (broad SMARTS) is 1. The quantitative estimate of drug-likeness (QED) is 0.166. The molecule has 0 aliphatic rings. The molecule has 0 saturated heterocycles. The minimum Gasteiger partial charge on any atom is -0.478 e. The number of carbonyl (C=O) groups is 2. The second-order valence-electron chi connectivity index (χ2n) is 9.31. The van der Waals surface area contributed by atoms with Crippen LogP contribution in [0.4, 0.5) is 26.3 Å². The van der Waals surface area contributed by atoms with Gasteiger partial charge in [0.15, 0.2) is 22.6 Å². The van der Waals surface area contributed by atoms with E-state index in [9.17, 15) is 35.9 Å². The lowest BCUT2D eigenvalue weighted by atomic mass is 9.98. The van der Waals surface area contributed by atoms with Gasteiger partial charge in [-0.1, -0.05) is 0 Å². The van der Waals surface area contributed by atoms with Gasteiger partial charge in [0, 0.05) is 12.2 Å². The molecule has 0 fully saturated rings. The molecule has 188 valence electrons. The second kappa shape index (κ2) is 10.8. The summed E-state index contributed by atoms with van der Waals surface area (Å²) in [5, 5.41) is 8.52. The van der Waals surface area contributed by atoms with Gasteiger partial charge in [0.1, 0.15) is 6.10 Å². The Labute approximate surface area is 186 Å². The number of carbonyl (C=O) groups excluding carboxylic acids is 1. The minimum absolute atomic E-state index is 0.257. The van der Waals surface area contributed by atoms with Crippen LogP contribution >= 0.6 is 0 Å². The molecule has 0 bridgehead atoms. The summed E-state index contributed by atoms with van der Waals surface area (Å²) in [7, 11) is -7.83. The lowest BCUT2D eigenvalue weighted by Gasteiger charge is -2.39. The van der Waals surface area contributed by atoms with Crippen LogP contribution in [0.15, 0.2) is 12.2 Å². The van der Waals surface area contributed by atoms with Crippen LogP contribution in [0.25, 0.3) is 0 Å². The summed E-state index contributed by atoms with van der Waals surface area (Å²) >= 11 is 0. The number of ether oxygens (including phenoxy) is 1. The molecule has 0 spiro atoms. The molecule has 0 aliphatic heterocycles. The van der Waals surface area contributed by atoms with Crippen LogP contribution < -0.4 is 0 Å². The Kier molecular flexibility index (Phi) is 10.4. The largest absolute Gasteiger partial charge is 0.478 e. The molecule has 0 heterocycles. The van der Waals surface area contributed by atoms with Crippen LogP contribution in [-0.4, -0.2) is 60.7 Å². The third-order valence-electron chi connectivity index (χ3n) is 3.63. The molecule has 32 heavy (non-hydrogen) atoms. The maximum absolute atomic E-state index is 13.3. The first-order valence-corrected chi connectivity index (χ1v) is 18.9. The number of rotatable bonds is 11. The van der Waals surface area contributed by atoms with Crippen LogP contribution in [0.5, 0.6) is 0 Å². The zero-order valence-corrected chi connectivity index (χ0v) is 22.0. The van der Waals surface area contributed by atoms with E-state index >= 15 is 0 Å². The fraction of sp³-hybridized carbons (Fsp3) is 0.765. The molecule has 0 saturated carbocycles. The van der Waals surface area contributed by atoms with Gasteiger partial charge in [0.25, 0.3) is 0 Å². The number of esters is 1. The highest BCUT2D eigenvalue weighted by atomic mass is 28.5. The van der Waals surface area contributed by atoms with E-state index in [2.05, 4.69) is 4.74 Å². The Morgan fingerprint density at radius 2 is 1.25 bits per heavy atom. The molecule has 0 aromatic rings. The van der Waals surface area contributed by atoms with Crippen molar-refractivity contribution in [1.82, 2.24) is 0 Å². The first kappa shape index (κ1) is 30.8. The summed E-state index contributed by atoms with van der Waals surface area (Å²) in [6, 6.07) is -0.287. The van der Waals surface area contributed by atoms with E-state index in [1.54, 1.807) is 6.55 Å². The molecule has 6 nitrogen and oxygen atoms in total. The monoisotopic (exact) mass is 528 g/mol. The van der Waals surface area contributed by atoms with Crippen molar-refractivity contribution in [2.24, 2.45) is 5.92 Å². The molecule has 0 aromatic carbocycles. The van der Waals surface area contributed by atoms with Gasteiger partial charge in [-0.15, -0.1) is 0 Å². The van der Waals surface area contributed by atoms with Crippen molar-refractivity contribution in [2.45, 2.75) is 76.8 Å². The second-order valence-corrected chi connectivity index (χ2v) is 22.2. The molecular formula is C17H30F6O6Si3. The summed E-state index contributed by atoms with van der Waals surface area (Å²) in [6.07, 6.45) is -14.4. The Morgan fingerprint density at radius 1 is 0.844 bits per heavy atom. The van der Waals surface area contributed by atoms with Gasteiger partial charge >= 0.3 is 32.9 Å². The van der Waals surface area contributed by atoms with Crippen molar-refractivity contribution in [3.05, 3.63) is 12.2 Å². The molecule has 1 unspecified atom stereocenters. The third kappa shape index (κ3) is 12.8. The van der Waals surface area contributed by atoms with E-state index in [-0.39, 0.29) is 18.2 Å². The average molecular weight is 529 g/mol. The van der Waals surface area contributed by atoms with Gasteiger partial charge in [-0.2, -0.15) is 26.3 Å². The fourth-order valence-corrected chi connectivity index (χ4v) is 15.6. The third-order valence-corrected chi connectivity index (χ3v) is 13.2. The summed E-state index contributed by atoms with van der Waals surface area (Å²) in [5.74, 6) is -7.19. The summed E-state index contributed by atoms with van der Waals surface area (Å²) < 4.78 is 96.6. The maximum Gasteiger partial charge on any atom is 0.404 e. The van der Waals surface area contributed by atoms with Gasteiger partial charge in [-0.05, 0) is 58.3 Å². The maximum atomic E-state index is 13.3.